The second kappa shape index (κ2) is 8.15. The van der Waals surface area contributed by atoms with Crippen LogP contribution in [0.5, 0.6) is 0 Å². The lowest BCUT2D eigenvalue weighted by atomic mass is 10.1. The third-order valence-electron chi connectivity index (χ3n) is 4.68. The summed E-state index contributed by atoms with van der Waals surface area (Å²) in [4.78, 5) is 16.7. The Morgan fingerprint density at radius 1 is 1.26 bits per heavy atom. The summed E-state index contributed by atoms with van der Waals surface area (Å²) in [6.07, 6.45) is 2.44. The molecule has 2 N–H and O–H groups in total. The van der Waals surface area contributed by atoms with Crippen LogP contribution in [0.4, 0.5) is 4.39 Å². The fourth-order valence-electron chi connectivity index (χ4n) is 3.34. The molecule has 1 aromatic heterocycles. The molecule has 0 saturated carbocycles. The van der Waals surface area contributed by atoms with Gasteiger partial charge in [-0.15, -0.1) is 0 Å². The van der Waals surface area contributed by atoms with Crippen molar-refractivity contribution < 1.29 is 13.9 Å². The van der Waals surface area contributed by atoms with Crippen LogP contribution in [0.1, 0.15) is 18.4 Å². The molecule has 0 spiro atoms. The van der Waals surface area contributed by atoms with Crippen molar-refractivity contribution in [3.05, 3.63) is 59.9 Å². The van der Waals surface area contributed by atoms with E-state index in [1.165, 1.54) is 23.9 Å². The highest BCUT2D eigenvalue weighted by Gasteiger charge is 2.19. The fourth-order valence-corrected chi connectivity index (χ4v) is 4.36. The Kier molecular flexibility index (Phi) is 5.45. The van der Waals surface area contributed by atoms with E-state index in [0.717, 1.165) is 45.8 Å². The van der Waals surface area contributed by atoms with Crippen molar-refractivity contribution in [2.24, 2.45) is 0 Å². The molecule has 1 aliphatic heterocycles. The van der Waals surface area contributed by atoms with E-state index in [0.29, 0.717) is 6.54 Å². The van der Waals surface area contributed by atoms with Crippen LogP contribution in [-0.2, 0) is 16.0 Å². The number of benzene rings is 2. The molecular weight excluding hydrogens is 363 g/mol. The maximum Gasteiger partial charge on any atom is 0.224 e. The summed E-state index contributed by atoms with van der Waals surface area (Å²) in [5.41, 5.74) is 1.91. The summed E-state index contributed by atoms with van der Waals surface area (Å²) in [5, 5.41) is 4.87. The minimum Gasteiger partial charge on any atom is -0.376 e. The Bertz CT molecular complexity index is 950. The number of rotatable bonds is 6. The highest BCUT2D eigenvalue weighted by molar-refractivity contribution is 7.99. The molecule has 1 amide bonds. The molecule has 27 heavy (non-hydrogen) atoms. The predicted molar refractivity (Wildman–Crippen MR) is 105 cm³/mol. The normalized spacial score (nSPS) is 16.7. The van der Waals surface area contributed by atoms with Crippen molar-refractivity contribution >= 4 is 28.6 Å². The predicted octanol–water partition coefficient (Wildman–Crippen LogP) is 4.30. The van der Waals surface area contributed by atoms with Gasteiger partial charge in [-0.05, 0) is 37.1 Å². The highest BCUT2D eigenvalue weighted by atomic mass is 32.2. The van der Waals surface area contributed by atoms with Gasteiger partial charge in [0.05, 0.1) is 17.6 Å². The zero-order chi connectivity index (χ0) is 18.6. The van der Waals surface area contributed by atoms with E-state index in [9.17, 15) is 9.18 Å². The maximum atomic E-state index is 13.5. The van der Waals surface area contributed by atoms with Gasteiger partial charge in [0.2, 0.25) is 5.91 Å². The summed E-state index contributed by atoms with van der Waals surface area (Å²) in [6.45, 7) is 1.32. The van der Waals surface area contributed by atoms with Gasteiger partial charge in [0.25, 0.3) is 0 Å². The molecule has 1 fully saturated rings. The average Bonchev–Trinajstić information content (AvgIpc) is 3.29. The third kappa shape index (κ3) is 4.34. The number of carbonyl (C=O) groups excluding carboxylic acids is 1. The largest absolute Gasteiger partial charge is 0.376 e. The van der Waals surface area contributed by atoms with Crippen LogP contribution in [0.2, 0.25) is 0 Å². The SMILES string of the molecule is O=C(Cc1c(Sc2cccc(F)c2)[nH]c2ccccc12)NC[C@H]1CCCO1. The van der Waals surface area contributed by atoms with E-state index in [1.807, 2.05) is 30.3 Å². The molecule has 1 saturated heterocycles. The van der Waals surface area contributed by atoms with E-state index in [2.05, 4.69) is 10.3 Å². The maximum absolute atomic E-state index is 13.5. The number of halogens is 1. The average molecular weight is 384 g/mol. The minimum atomic E-state index is -0.271. The van der Waals surface area contributed by atoms with Gasteiger partial charge in [-0.25, -0.2) is 4.39 Å². The molecule has 0 unspecified atom stereocenters. The number of carbonyl (C=O) groups is 1. The van der Waals surface area contributed by atoms with Crippen LogP contribution >= 0.6 is 11.8 Å². The molecule has 1 aliphatic rings. The van der Waals surface area contributed by atoms with Crippen molar-refractivity contribution in [1.29, 1.82) is 0 Å². The van der Waals surface area contributed by atoms with Crippen molar-refractivity contribution in [3.63, 3.8) is 0 Å². The van der Waals surface area contributed by atoms with Crippen molar-refractivity contribution in [2.45, 2.75) is 35.3 Å². The first kappa shape index (κ1) is 18.1. The van der Waals surface area contributed by atoms with Gasteiger partial charge in [0, 0.05) is 34.5 Å². The van der Waals surface area contributed by atoms with Crippen LogP contribution in [-0.4, -0.2) is 30.1 Å². The number of para-hydroxylation sites is 1. The standard InChI is InChI=1S/C21H21FN2O2S/c22-14-5-3-7-16(11-14)27-21-18(17-8-1-2-9-19(17)24-21)12-20(25)23-13-15-6-4-10-26-15/h1-3,5,7-9,11,15,24H,4,6,10,12-13H2,(H,23,25)/t15-/m1/s1. The number of nitrogens with one attached hydrogen (secondary N) is 2. The number of aromatic nitrogens is 1. The van der Waals surface area contributed by atoms with Crippen molar-refractivity contribution in [3.8, 4) is 0 Å². The number of hydrogen-bond acceptors (Lipinski definition) is 3. The molecule has 0 aliphatic carbocycles. The quantitative estimate of drug-likeness (QED) is 0.666. The van der Waals surface area contributed by atoms with Gasteiger partial charge in [-0.1, -0.05) is 36.0 Å². The van der Waals surface area contributed by atoms with Crippen LogP contribution in [0.15, 0.2) is 58.5 Å². The molecular formula is C21H21FN2O2S. The summed E-state index contributed by atoms with van der Waals surface area (Å²) in [7, 11) is 0. The monoisotopic (exact) mass is 384 g/mol. The molecule has 1 atom stereocenters. The molecule has 3 aromatic rings. The van der Waals surface area contributed by atoms with E-state index in [1.54, 1.807) is 6.07 Å². The topological polar surface area (TPSA) is 54.1 Å². The van der Waals surface area contributed by atoms with Crippen molar-refractivity contribution in [2.75, 3.05) is 13.2 Å². The Morgan fingerprint density at radius 2 is 2.15 bits per heavy atom. The van der Waals surface area contributed by atoms with Gasteiger partial charge >= 0.3 is 0 Å². The van der Waals surface area contributed by atoms with E-state index in [-0.39, 0.29) is 24.2 Å². The second-order valence-electron chi connectivity index (χ2n) is 6.65. The van der Waals surface area contributed by atoms with Crippen LogP contribution in [0.25, 0.3) is 10.9 Å². The van der Waals surface area contributed by atoms with Gasteiger partial charge in [-0.3, -0.25) is 4.79 Å². The first-order chi connectivity index (χ1) is 13.2. The zero-order valence-electron chi connectivity index (χ0n) is 14.8. The van der Waals surface area contributed by atoms with Crippen LogP contribution < -0.4 is 5.32 Å². The molecule has 2 aromatic carbocycles. The highest BCUT2D eigenvalue weighted by Crippen LogP contribution is 2.35. The molecule has 2 heterocycles. The van der Waals surface area contributed by atoms with E-state index < -0.39 is 0 Å². The lowest BCUT2D eigenvalue weighted by Gasteiger charge is -2.11. The van der Waals surface area contributed by atoms with Crippen LogP contribution in [0, 0.1) is 5.82 Å². The summed E-state index contributed by atoms with van der Waals surface area (Å²) < 4.78 is 19.1. The summed E-state index contributed by atoms with van der Waals surface area (Å²) >= 11 is 1.44. The number of ether oxygens (including phenoxy) is 1. The molecule has 6 heteroatoms. The molecule has 4 nitrogen and oxygen atoms in total. The lowest BCUT2D eigenvalue weighted by molar-refractivity contribution is -0.120. The Balaban J connectivity index is 1.55. The Labute approximate surface area is 161 Å². The lowest BCUT2D eigenvalue weighted by Crippen LogP contribution is -2.32. The Morgan fingerprint density at radius 3 is 2.96 bits per heavy atom. The number of amides is 1. The first-order valence-corrected chi connectivity index (χ1v) is 9.92. The van der Waals surface area contributed by atoms with Gasteiger partial charge < -0.3 is 15.0 Å². The summed E-state index contributed by atoms with van der Waals surface area (Å²) in [6, 6.07) is 14.4. The molecule has 4 rings (SSSR count). The molecule has 0 radical (unpaired) electrons. The smallest absolute Gasteiger partial charge is 0.224 e. The van der Waals surface area contributed by atoms with Crippen molar-refractivity contribution in [1.82, 2.24) is 10.3 Å². The van der Waals surface area contributed by atoms with Gasteiger partial charge in [-0.2, -0.15) is 0 Å². The zero-order valence-corrected chi connectivity index (χ0v) is 15.7. The minimum absolute atomic E-state index is 0.0312. The molecule has 0 bridgehead atoms. The Hall–Kier alpha value is -2.31. The number of H-pyrrole nitrogens is 1. The number of hydrogen-bond donors (Lipinski definition) is 2. The second-order valence-corrected chi connectivity index (χ2v) is 7.74. The molecule has 140 valence electrons. The van der Waals surface area contributed by atoms with E-state index in [4.69, 9.17) is 4.74 Å². The third-order valence-corrected chi connectivity index (χ3v) is 5.72. The summed E-state index contributed by atoms with van der Waals surface area (Å²) in [5.74, 6) is -0.302. The number of aromatic amines is 1. The first-order valence-electron chi connectivity index (χ1n) is 9.10. The van der Waals surface area contributed by atoms with Crippen LogP contribution in [0.3, 0.4) is 0 Å². The fraction of sp³-hybridized carbons (Fsp3) is 0.286. The number of fused-ring (bicyclic) bond motifs is 1. The van der Waals surface area contributed by atoms with Gasteiger partial charge in [0.15, 0.2) is 0 Å². The van der Waals surface area contributed by atoms with E-state index >= 15 is 0 Å². The van der Waals surface area contributed by atoms with Gasteiger partial charge in [0.1, 0.15) is 5.82 Å².